The molecule has 19 heavy (non-hydrogen) atoms. The zero-order valence-corrected chi connectivity index (χ0v) is 13.1. The molecule has 1 aromatic carbocycles. The molecule has 1 atom stereocenters. The van der Waals surface area contributed by atoms with Crippen molar-refractivity contribution in [2.45, 2.75) is 32.6 Å². The van der Waals surface area contributed by atoms with Gasteiger partial charge in [-0.3, -0.25) is 0 Å². The molecule has 1 N–H and O–H groups in total. The third-order valence-corrected chi connectivity index (χ3v) is 3.41. The van der Waals surface area contributed by atoms with E-state index in [0.29, 0.717) is 29.7 Å². The molecule has 0 saturated carbocycles. The van der Waals surface area contributed by atoms with Crippen LogP contribution in [0.3, 0.4) is 0 Å². The van der Waals surface area contributed by atoms with Gasteiger partial charge in [0, 0.05) is 23.3 Å². The molecule has 5 heteroatoms. The van der Waals surface area contributed by atoms with Gasteiger partial charge in [0.05, 0.1) is 6.04 Å². The third kappa shape index (κ3) is 5.28. The minimum absolute atomic E-state index is 0.0240. The highest BCUT2D eigenvalue weighted by Crippen LogP contribution is 2.23. The van der Waals surface area contributed by atoms with Gasteiger partial charge in [-0.25, -0.2) is 0 Å². The summed E-state index contributed by atoms with van der Waals surface area (Å²) in [6.07, 6.45) is 0.399. The molecule has 108 valence electrons. The predicted molar refractivity (Wildman–Crippen MR) is 80.1 cm³/mol. The Morgan fingerprint density at radius 2 is 1.79 bits per heavy atom. The van der Waals surface area contributed by atoms with Crippen molar-refractivity contribution in [2.75, 3.05) is 20.3 Å². The fourth-order valence-electron chi connectivity index (χ4n) is 1.88. The van der Waals surface area contributed by atoms with Crippen LogP contribution in [-0.2, 0) is 15.9 Å². The van der Waals surface area contributed by atoms with Crippen LogP contribution >= 0.6 is 23.2 Å². The van der Waals surface area contributed by atoms with Gasteiger partial charge in [-0.2, -0.15) is 0 Å². The van der Waals surface area contributed by atoms with Crippen molar-refractivity contribution in [3.05, 3.63) is 33.8 Å². The van der Waals surface area contributed by atoms with Gasteiger partial charge in [0.25, 0.3) is 0 Å². The van der Waals surface area contributed by atoms with E-state index in [4.69, 9.17) is 32.7 Å². The largest absolute Gasteiger partial charge is 0.351 e. The van der Waals surface area contributed by atoms with E-state index >= 15 is 0 Å². The minimum atomic E-state index is -0.296. The second-order valence-corrected chi connectivity index (χ2v) is 4.96. The molecule has 0 saturated heterocycles. The molecule has 0 aliphatic carbocycles. The van der Waals surface area contributed by atoms with E-state index in [2.05, 4.69) is 5.32 Å². The van der Waals surface area contributed by atoms with Crippen LogP contribution in [0.5, 0.6) is 0 Å². The summed E-state index contributed by atoms with van der Waals surface area (Å²) in [5.74, 6) is 0. The second kappa shape index (κ2) is 8.77. The van der Waals surface area contributed by atoms with Crippen LogP contribution in [0.15, 0.2) is 18.2 Å². The molecular formula is C14H21Cl2NO2. The Morgan fingerprint density at radius 3 is 2.32 bits per heavy atom. The number of nitrogens with one attached hydrogen (secondary N) is 1. The minimum Gasteiger partial charge on any atom is -0.351 e. The van der Waals surface area contributed by atoms with Crippen LogP contribution in [0.25, 0.3) is 0 Å². The number of ether oxygens (including phenoxy) is 2. The summed E-state index contributed by atoms with van der Waals surface area (Å²) in [5, 5.41) is 4.60. The molecule has 3 nitrogen and oxygen atoms in total. The van der Waals surface area contributed by atoms with Crippen LogP contribution in [0, 0.1) is 0 Å². The van der Waals surface area contributed by atoms with Gasteiger partial charge < -0.3 is 14.8 Å². The van der Waals surface area contributed by atoms with E-state index in [1.54, 1.807) is 6.07 Å². The predicted octanol–water partition coefficient (Wildman–Crippen LogP) is 3.52. The van der Waals surface area contributed by atoms with Gasteiger partial charge in [-0.15, -0.1) is 0 Å². The first-order valence-electron chi connectivity index (χ1n) is 6.46. The Hall–Kier alpha value is -0.320. The first-order chi connectivity index (χ1) is 9.12. The monoisotopic (exact) mass is 305 g/mol. The first kappa shape index (κ1) is 16.7. The SMILES string of the molecule is CCOC(OCC)C(Cc1cc(Cl)ccc1Cl)NC. The summed E-state index contributed by atoms with van der Waals surface area (Å²) < 4.78 is 11.2. The molecule has 1 aromatic rings. The topological polar surface area (TPSA) is 30.5 Å². The van der Waals surface area contributed by atoms with Gasteiger partial charge in [-0.1, -0.05) is 23.2 Å². The number of hydrogen-bond acceptors (Lipinski definition) is 3. The second-order valence-electron chi connectivity index (χ2n) is 4.11. The third-order valence-electron chi connectivity index (χ3n) is 2.81. The molecule has 0 heterocycles. The average molecular weight is 306 g/mol. The van der Waals surface area contributed by atoms with Crippen molar-refractivity contribution in [1.82, 2.24) is 5.32 Å². The molecule has 1 rings (SSSR count). The fraction of sp³-hybridized carbons (Fsp3) is 0.571. The van der Waals surface area contributed by atoms with Crippen molar-refractivity contribution < 1.29 is 9.47 Å². The maximum atomic E-state index is 6.19. The van der Waals surface area contributed by atoms with Crippen molar-refractivity contribution in [2.24, 2.45) is 0 Å². The van der Waals surface area contributed by atoms with E-state index in [-0.39, 0.29) is 12.3 Å². The highest BCUT2D eigenvalue weighted by atomic mass is 35.5. The average Bonchev–Trinajstić information content (AvgIpc) is 2.39. The first-order valence-corrected chi connectivity index (χ1v) is 7.22. The summed E-state index contributed by atoms with van der Waals surface area (Å²) in [6.45, 7) is 5.11. The Labute approximate surface area is 125 Å². The molecular weight excluding hydrogens is 285 g/mol. The highest BCUT2D eigenvalue weighted by Gasteiger charge is 2.22. The summed E-state index contributed by atoms with van der Waals surface area (Å²) in [5.41, 5.74) is 0.984. The van der Waals surface area contributed by atoms with Crippen LogP contribution in [0.2, 0.25) is 10.0 Å². The van der Waals surface area contributed by atoms with Crippen LogP contribution < -0.4 is 5.32 Å². The van der Waals surface area contributed by atoms with E-state index in [0.717, 1.165) is 5.56 Å². The van der Waals surface area contributed by atoms with E-state index in [1.165, 1.54) is 0 Å². The number of likely N-dealkylation sites (N-methyl/N-ethyl adjacent to an activating group) is 1. The molecule has 0 radical (unpaired) electrons. The number of hydrogen-bond donors (Lipinski definition) is 1. The number of rotatable bonds is 8. The molecule has 0 spiro atoms. The molecule has 1 unspecified atom stereocenters. The quantitative estimate of drug-likeness (QED) is 0.745. The summed E-state index contributed by atoms with van der Waals surface area (Å²) in [7, 11) is 1.88. The summed E-state index contributed by atoms with van der Waals surface area (Å²) >= 11 is 12.2. The maximum absolute atomic E-state index is 6.19. The van der Waals surface area contributed by atoms with Crippen LogP contribution in [0.4, 0.5) is 0 Å². The van der Waals surface area contributed by atoms with Crippen molar-refractivity contribution in [3.63, 3.8) is 0 Å². The van der Waals surface area contributed by atoms with Gasteiger partial charge in [-0.05, 0) is 51.1 Å². The van der Waals surface area contributed by atoms with Gasteiger partial charge in [0.2, 0.25) is 0 Å². The maximum Gasteiger partial charge on any atom is 0.172 e. The summed E-state index contributed by atoms with van der Waals surface area (Å²) in [6, 6.07) is 5.49. The molecule has 0 aliphatic heterocycles. The molecule has 0 amide bonds. The lowest BCUT2D eigenvalue weighted by atomic mass is 10.1. The lowest BCUT2D eigenvalue weighted by Crippen LogP contribution is -2.43. The van der Waals surface area contributed by atoms with Crippen LogP contribution in [0.1, 0.15) is 19.4 Å². The lowest BCUT2D eigenvalue weighted by Gasteiger charge is -2.26. The zero-order chi connectivity index (χ0) is 14.3. The smallest absolute Gasteiger partial charge is 0.172 e. The Balaban J connectivity index is 2.81. The van der Waals surface area contributed by atoms with Crippen LogP contribution in [-0.4, -0.2) is 32.6 Å². The Bertz CT molecular complexity index is 382. The standard InChI is InChI=1S/C14H21Cl2NO2/c1-4-18-14(19-5-2)13(17-3)9-10-8-11(15)6-7-12(10)16/h6-8,13-14,17H,4-5,9H2,1-3H3. The fourth-order valence-corrected chi connectivity index (χ4v) is 2.27. The van der Waals surface area contributed by atoms with Gasteiger partial charge in [0.15, 0.2) is 6.29 Å². The van der Waals surface area contributed by atoms with Gasteiger partial charge in [0.1, 0.15) is 0 Å². The van der Waals surface area contributed by atoms with E-state index in [1.807, 2.05) is 33.0 Å². The van der Waals surface area contributed by atoms with Crippen molar-refractivity contribution in [3.8, 4) is 0 Å². The molecule has 0 aliphatic rings. The molecule has 0 fully saturated rings. The van der Waals surface area contributed by atoms with Crippen molar-refractivity contribution in [1.29, 1.82) is 0 Å². The van der Waals surface area contributed by atoms with Crippen molar-refractivity contribution >= 4 is 23.2 Å². The summed E-state index contributed by atoms with van der Waals surface area (Å²) in [4.78, 5) is 0. The van der Waals surface area contributed by atoms with Gasteiger partial charge >= 0.3 is 0 Å². The highest BCUT2D eigenvalue weighted by molar-refractivity contribution is 6.33. The Kier molecular flexibility index (Phi) is 7.73. The molecule has 0 aromatic heterocycles. The molecule has 0 bridgehead atoms. The number of halogens is 2. The Morgan fingerprint density at radius 1 is 1.16 bits per heavy atom. The lowest BCUT2D eigenvalue weighted by molar-refractivity contribution is -0.152. The number of benzene rings is 1. The zero-order valence-electron chi connectivity index (χ0n) is 11.6. The van der Waals surface area contributed by atoms with E-state index < -0.39 is 0 Å². The normalized spacial score (nSPS) is 12.9. The van der Waals surface area contributed by atoms with E-state index in [9.17, 15) is 0 Å².